The summed E-state index contributed by atoms with van der Waals surface area (Å²) in [6, 6.07) is 11.2. The fourth-order valence-electron chi connectivity index (χ4n) is 1.85. The van der Waals surface area contributed by atoms with Crippen LogP contribution in [0.15, 0.2) is 47.6 Å². The number of halogens is 3. The second-order valence-electron chi connectivity index (χ2n) is 4.93. The van der Waals surface area contributed by atoms with Crippen molar-refractivity contribution in [1.82, 2.24) is 5.43 Å². The molecule has 0 aliphatic rings. The highest BCUT2D eigenvalue weighted by Gasteiger charge is 2.07. The zero-order chi connectivity index (χ0) is 17.5. The maximum atomic E-state index is 12.9. The van der Waals surface area contributed by atoms with E-state index in [1.807, 2.05) is 0 Å². The van der Waals surface area contributed by atoms with Crippen molar-refractivity contribution in [1.29, 1.82) is 0 Å². The third-order valence-electron chi connectivity index (χ3n) is 3.15. The van der Waals surface area contributed by atoms with Crippen LogP contribution in [0.3, 0.4) is 0 Å². The van der Waals surface area contributed by atoms with Gasteiger partial charge in [0.25, 0.3) is 0 Å². The van der Waals surface area contributed by atoms with Gasteiger partial charge in [0, 0.05) is 15.8 Å². The van der Waals surface area contributed by atoms with Crippen LogP contribution in [0.4, 0.5) is 4.39 Å². The average molecular weight is 385 g/mol. The maximum absolute atomic E-state index is 12.9. The maximum Gasteiger partial charge on any atom is 0.250 e. The van der Waals surface area contributed by atoms with Gasteiger partial charge in [-0.1, -0.05) is 41.4 Å². The second kappa shape index (κ2) is 9.06. The van der Waals surface area contributed by atoms with E-state index in [9.17, 15) is 9.18 Å². The fourth-order valence-corrected chi connectivity index (χ4v) is 3.41. The first-order valence-electron chi connectivity index (χ1n) is 7.07. The smallest absolute Gasteiger partial charge is 0.250 e. The van der Waals surface area contributed by atoms with E-state index in [1.54, 1.807) is 37.3 Å². The summed E-state index contributed by atoms with van der Waals surface area (Å²) >= 11 is 13.6. The quantitative estimate of drug-likeness (QED) is 0.567. The molecule has 3 nitrogen and oxygen atoms in total. The largest absolute Gasteiger partial charge is 0.272 e. The first-order valence-corrected chi connectivity index (χ1v) is 8.98. The Balaban J connectivity index is 1.83. The number of hydrazone groups is 1. The van der Waals surface area contributed by atoms with Crippen molar-refractivity contribution in [3.63, 3.8) is 0 Å². The molecule has 0 saturated carbocycles. The lowest BCUT2D eigenvalue weighted by Crippen LogP contribution is -2.21. The van der Waals surface area contributed by atoms with Crippen molar-refractivity contribution < 1.29 is 9.18 Å². The lowest BCUT2D eigenvalue weighted by atomic mass is 10.1. The van der Waals surface area contributed by atoms with Crippen LogP contribution in [0.5, 0.6) is 0 Å². The summed E-state index contributed by atoms with van der Waals surface area (Å²) in [6.45, 7) is 1.74. The van der Waals surface area contributed by atoms with E-state index in [2.05, 4.69) is 10.5 Å². The Morgan fingerprint density at radius 1 is 1.17 bits per heavy atom. The molecule has 0 heterocycles. The number of carbonyl (C=O) groups excluding carboxylic acids is 1. The van der Waals surface area contributed by atoms with E-state index in [-0.39, 0.29) is 17.5 Å². The molecule has 1 N–H and O–H groups in total. The summed E-state index contributed by atoms with van der Waals surface area (Å²) in [5.74, 6) is 0.212. The van der Waals surface area contributed by atoms with Gasteiger partial charge in [0.2, 0.25) is 5.91 Å². The Labute approximate surface area is 154 Å². The molecule has 0 aliphatic carbocycles. The molecule has 0 aliphatic heterocycles. The molecule has 0 radical (unpaired) electrons. The van der Waals surface area contributed by atoms with E-state index in [0.29, 0.717) is 21.5 Å². The molecule has 0 saturated heterocycles. The number of amides is 1. The number of carbonyl (C=O) groups is 1. The number of thioether (sulfide) groups is 1. The second-order valence-corrected chi connectivity index (χ2v) is 6.73. The van der Waals surface area contributed by atoms with Crippen LogP contribution >= 0.6 is 35.0 Å². The van der Waals surface area contributed by atoms with Crippen molar-refractivity contribution in [2.75, 3.05) is 5.75 Å². The molecule has 126 valence electrons. The summed E-state index contributed by atoms with van der Waals surface area (Å²) in [7, 11) is 0. The van der Waals surface area contributed by atoms with Crippen molar-refractivity contribution in [2.45, 2.75) is 12.7 Å². The van der Waals surface area contributed by atoms with Crippen LogP contribution in [-0.2, 0) is 10.5 Å². The van der Waals surface area contributed by atoms with Gasteiger partial charge in [-0.15, -0.1) is 11.8 Å². The molecule has 7 heteroatoms. The number of hydrogen-bond acceptors (Lipinski definition) is 3. The molecular formula is C17H15Cl2FN2OS. The molecule has 2 aromatic carbocycles. The van der Waals surface area contributed by atoms with Gasteiger partial charge in [0.15, 0.2) is 0 Å². The Kier molecular flexibility index (Phi) is 7.09. The van der Waals surface area contributed by atoms with Gasteiger partial charge in [-0.05, 0) is 42.3 Å². The van der Waals surface area contributed by atoms with Gasteiger partial charge in [0.05, 0.1) is 11.5 Å². The predicted molar refractivity (Wildman–Crippen MR) is 99.4 cm³/mol. The van der Waals surface area contributed by atoms with Gasteiger partial charge in [-0.2, -0.15) is 5.10 Å². The minimum absolute atomic E-state index is 0.224. The summed E-state index contributed by atoms with van der Waals surface area (Å²) in [5, 5.41) is 5.18. The van der Waals surface area contributed by atoms with E-state index in [4.69, 9.17) is 23.2 Å². The minimum atomic E-state index is -0.315. The third kappa shape index (κ3) is 5.51. The average Bonchev–Trinajstić information content (AvgIpc) is 2.56. The number of nitrogens with one attached hydrogen (secondary N) is 1. The normalized spacial score (nSPS) is 11.4. The van der Waals surface area contributed by atoms with Crippen LogP contribution in [0, 0.1) is 5.82 Å². The molecule has 2 rings (SSSR count). The van der Waals surface area contributed by atoms with Crippen molar-refractivity contribution in [3.8, 4) is 0 Å². The van der Waals surface area contributed by atoms with Crippen molar-refractivity contribution >= 4 is 46.6 Å². The molecule has 0 aromatic heterocycles. The van der Waals surface area contributed by atoms with Gasteiger partial charge in [-0.25, -0.2) is 9.82 Å². The number of rotatable bonds is 6. The third-order valence-corrected chi connectivity index (χ3v) is 4.82. The Hall–Kier alpha value is -1.56. The van der Waals surface area contributed by atoms with Gasteiger partial charge in [0.1, 0.15) is 5.82 Å². The number of benzene rings is 2. The van der Waals surface area contributed by atoms with Crippen LogP contribution in [0.25, 0.3) is 0 Å². The summed E-state index contributed by atoms with van der Waals surface area (Å²) < 4.78 is 12.9. The molecule has 1 amide bonds. The lowest BCUT2D eigenvalue weighted by molar-refractivity contribution is -0.118. The molecule has 0 spiro atoms. The molecule has 0 unspecified atom stereocenters. The van der Waals surface area contributed by atoms with E-state index < -0.39 is 0 Å². The fraction of sp³-hybridized carbons (Fsp3) is 0.176. The zero-order valence-electron chi connectivity index (χ0n) is 12.9. The lowest BCUT2D eigenvalue weighted by Gasteiger charge is -2.06. The van der Waals surface area contributed by atoms with E-state index in [0.717, 1.165) is 11.1 Å². The predicted octanol–water partition coefficient (Wildman–Crippen LogP) is 4.91. The summed E-state index contributed by atoms with van der Waals surface area (Å²) in [6.07, 6.45) is 0. The highest BCUT2D eigenvalue weighted by Crippen LogP contribution is 2.28. The number of nitrogens with zero attached hydrogens (tertiary/aromatic N) is 1. The monoisotopic (exact) mass is 384 g/mol. The molecule has 24 heavy (non-hydrogen) atoms. The molecule has 0 fully saturated rings. The van der Waals surface area contributed by atoms with Crippen LogP contribution in [0.1, 0.15) is 18.1 Å². The molecular weight excluding hydrogens is 370 g/mol. The Morgan fingerprint density at radius 3 is 2.42 bits per heavy atom. The highest BCUT2D eigenvalue weighted by atomic mass is 35.5. The molecule has 2 aromatic rings. The van der Waals surface area contributed by atoms with Gasteiger partial charge in [-0.3, -0.25) is 4.79 Å². The van der Waals surface area contributed by atoms with Gasteiger partial charge >= 0.3 is 0 Å². The van der Waals surface area contributed by atoms with Crippen molar-refractivity contribution in [3.05, 3.63) is 69.5 Å². The summed E-state index contributed by atoms with van der Waals surface area (Å²) in [5.41, 5.74) is 4.63. The summed E-state index contributed by atoms with van der Waals surface area (Å²) in [4.78, 5) is 11.8. The van der Waals surface area contributed by atoms with Crippen LogP contribution in [0.2, 0.25) is 10.0 Å². The highest BCUT2D eigenvalue weighted by molar-refractivity contribution is 7.99. The van der Waals surface area contributed by atoms with E-state index >= 15 is 0 Å². The molecule has 0 atom stereocenters. The van der Waals surface area contributed by atoms with Crippen LogP contribution < -0.4 is 5.43 Å². The minimum Gasteiger partial charge on any atom is -0.272 e. The van der Waals surface area contributed by atoms with Crippen molar-refractivity contribution in [2.24, 2.45) is 5.10 Å². The SMILES string of the molecule is C/C(=N/NC(=O)CSCc1c(Cl)cccc1Cl)c1ccc(F)cc1. The Morgan fingerprint density at radius 2 is 1.79 bits per heavy atom. The van der Waals surface area contributed by atoms with E-state index in [1.165, 1.54) is 23.9 Å². The topological polar surface area (TPSA) is 41.5 Å². The first kappa shape index (κ1) is 18.8. The Bertz CT molecular complexity index is 731. The molecule has 0 bridgehead atoms. The first-order chi connectivity index (χ1) is 11.5. The standard InChI is InChI=1S/C17H15Cl2FN2OS/c1-11(12-5-7-13(20)8-6-12)21-22-17(23)10-24-9-14-15(18)3-2-4-16(14)19/h2-8H,9-10H2,1H3,(H,22,23)/b21-11-. The zero-order valence-corrected chi connectivity index (χ0v) is 15.2. The van der Waals surface area contributed by atoms with Crippen LogP contribution in [-0.4, -0.2) is 17.4 Å². The van der Waals surface area contributed by atoms with Gasteiger partial charge < -0.3 is 0 Å². The number of hydrogen-bond donors (Lipinski definition) is 1.